The number of alkyl halides is 3. The quantitative estimate of drug-likeness (QED) is 0.595. The molecule has 8 heteroatoms. The molecule has 3 aromatic rings. The molecule has 2 N–H and O–H groups in total. The fourth-order valence-electron chi connectivity index (χ4n) is 3.85. The Hall–Kier alpha value is -2.61. The summed E-state index contributed by atoms with van der Waals surface area (Å²) in [5, 5.41) is 10.8. The van der Waals surface area contributed by atoms with Gasteiger partial charge in [-0.1, -0.05) is 19.9 Å². The minimum absolute atomic E-state index is 0.104. The van der Waals surface area contributed by atoms with Crippen molar-refractivity contribution in [3.8, 4) is 0 Å². The van der Waals surface area contributed by atoms with E-state index in [1.807, 2.05) is 0 Å². The SMILES string of the molecule is Cc1ccc(F)cc1C(C)(C)CC(O)(Cc1c[nH]c2occc2c1=O)C(F)(F)F. The molecule has 0 aliphatic rings. The summed E-state index contributed by atoms with van der Waals surface area (Å²) >= 11 is 0. The Bertz CT molecular complexity index is 1100. The van der Waals surface area contributed by atoms with Crippen LogP contribution in [0.4, 0.5) is 17.6 Å². The third-order valence-corrected chi connectivity index (χ3v) is 5.25. The number of aromatic amines is 1. The molecule has 3 rings (SSSR count). The zero-order valence-electron chi connectivity index (χ0n) is 16.2. The number of H-pyrrole nitrogens is 1. The fourth-order valence-corrected chi connectivity index (χ4v) is 3.85. The number of nitrogens with one attached hydrogen (secondary N) is 1. The van der Waals surface area contributed by atoms with E-state index in [0.29, 0.717) is 11.1 Å². The van der Waals surface area contributed by atoms with Gasteiger partial charge < -0.3 is 14.5 Å². The van der Waals surface area contributed by atoms with Crippen molar-refractivity contribution in [3.63, 3.8) is 0 Å². The Labute approximate surface area is 164 Å². The molecular formula is C21H21F4NO3. The highest BCUT2D eigenvalue weighted by molar-refractivity contribution is 5.73. The second-order valence-corrected chi connectivity index (χ2v) is 8.03. The summed E-state index contributed by atoms with van der Waals surface area (Å²) in [6, 6.07) is 5.24. The van der Waals surface area contributed by atoms with Crippen LogP contribution in [0.15, 0.2) is 45.9 Å². The minimum atomic E-state index is -5.01. The van der Waals surface area contributed by atoms with Gasteiger partial charge in [-0.3, -0.25) is 4.79 Å². The second-order valence-electron chi connectivity index (χ2n) is 8.03. The van der Waals surface area contributed by atoms with Gasteiger partial charge in [0.15, 0.2) is 11.0 Å². The van der Waals surface area contributed by atoms with E-state index in [1.165, 1.54) is 44.4 Å². The minimum Gasteiger partial charge on any atom is -0.448 e. The number of aromatic nitrogens is 1. The average Bonchev–Trinajstić information content (AvgIpc) is 3.07. The Morgan fingerprint density at radius 3 is 2.52 bits per heavy atom. The summed E-state index contributed by atoms with van der Waals surface area (Å²) in [6.45, 7) is 4.69. The third kappa shape index (κ3) is 3.94. The van der Waals surface area contributed by atoms with Gasteiger partial charge in [0.05, 0.1) is 11.6 Å². The molecule has 4 nitrogen and oxygen atoms in total. The number of fused-ring (bicyclic) bond motifs is 1. The van der Waals surface area contributed by atoms with Crippen molar-refractivity contribution in [1.29, 1.82) is 0 Å². The van der Waals surface area contributed by atoms with Gasteiger partial charge in [-0.05, 0) is 48.1 Å². The number of aryl methyl sites for hydroxylation is 1. The molecule has 156 valence electrons. The molecule has 1 unspecified atom stereocenters. The third-order valence-electron chi connectivity index (χ3n) is 5.25. The van der Waals surface area contributed by atoms with E-state index in [4.69, 9.17) is 4.42 Å². The Morgan fingerprint density at radius 1 is 1.17 bits per heavy atom. The Kier molecular flexibility index (Phi) is 5.11. The summed E-state index contributed by atoms with van der Waals surface area (Å²) < 4.78 is 60.6. The van der Waals surface area contributed by atoms with Gasteiger partial charge >= 0.3 is 6.18 Å². The van der Waals surface area contributed by atoms with Gasteiger partial charge in [0, 0.05) is 18.2 Å². The number of pyridine rings is 1. The summed E-state index contributed by atoms with van der Waals surface area (Å²) in [5.41, 5.74) is -4.16. The molecule has 2 aromatic heterocycles. The van der Waals surface area contributed by atoms with Gasteiger partial charge in [-0.15, -0.1) is 0 Å². The number of halogens is 4. The number of benzene rings is 1. The van der Waals surface area contributed by atoms with Crippen LogP contribution < -0.4 is 5.43 Å². The molecule has 0 spiro atoms. The maximum absolute atomic E-state index is 13.9. The highest BCUT2D eigenvalue weighted by atomic mass is 19.4. The predicted octanol–water partition coefficient (Wildman–Crippen LogP) is 4.77. The maximum Gasteiger partial charge on any atom is 0.417 e. The standard InChI is InChI=1S/C21H21F4NO3/c1-12-4-5-14(22)8-16(12)19(2,3)11-20(28,21(23,24)25)9-13-10-26-18-15(17(13)27)6-7-29-18/h4-8,10,28H,9,11H2,1-3H3,(H,26,27). The number of aliphatic hydroxyl groups is 1. The first-order valence-corrected chi connectivity index (χ1v) is 8.98. The van der Waals surface area contributed by atoms with Crippen molar-refractivity contribution >= 4 is 11.1 Å². The number of hydrogen-bond donors (Lipinski definition) is 2. The van der Waals surface area contributed by atoms with E-state index < -0.39 is 41.3 Å². The van der Waals surface area contributed by atoms with E-state index in [0.717, 1.165) is 6.20 Å². The molecule has 0 aliphatic heterocycles. The molecule has 0 saturated carbocycles. The van der Waals surface area contributed by atoms with Crippen molar-refractivity contribution in [2.75, 3.05) is 0 Å². The van der Waals surface area contributed by atoms with Crippen molar-refractivity contribution in [3.05, 3.63) is 69.5 Å². The first kappa shape index (κ1) is 21.1. The summed E-state index contributed by atoms with van der Waals surface area (Å²) in [7, 11) is 0. The first-order chi connectivity index (χ1) is 13.3. The maximum atomic E-state index is 13.9. The molecule has 0 saturated heterocycles. The molecule has 0 bridgehead atoms. The van der Waals surface area contributed by atoms with Crippen LogP contribution in [0.3, 0.4) is 0 Å². The van der Waals surface area contributed by atoms with E-state index in [9.17, 15) is 27.5 Å². The van der Waals surface area contributed by atoms with Crippen LogP contribution in [-0.4, -0.2) is 21.9 Å². The van der Waals surface area contributed by atoms with Crippen LogP contribution in [0.25, 0.3) is 11.1 Å². The van der Waals surface area contributed by atoms with E-state index in [2.05, 4.69) is 4.98 Å². The molecule has 1 aromatic carbocycles. The molecule has 2 heterocycles. The number of rotatable bonds is 5. The molecule has 1 atom stereocenters. The van der Waals surface area contributed by atoms with Crippen LogP contribution in [0.1, 0.15) is 37.0 Å². The zero-order valence-corrected chi connectivity index (χ0v) is 16.2. The number of furan rings is 1. The van der Waals surface area contributed by atoms with Crippen molar-refractivity contribution in [1.82, 2.24) is 4.98 Å². The Morgan fingerprint density at radius 2 is 1.86 bits per heavy atom. The molecule has 0 aliphatic carbocycles. The van der Waals surface area contributed by atoms with E-state index >= 15 is 0 Å². The summed E-state index contributed by atoms with van der Waals surface area (Å²) in [6.07, 6.45) is -4.34. The average molecular weight is 411 g/mol. The lowest BCUT2D eigenvalue weighted by Crippen LogP contribution is -2.51. The fraction of sp³-hybridized carbons (Fsp3) is 0.381. The van der Waals surface area contributed by atoms with Crippen LogP contribution >= 0.6 is 0 Å². The normalized spacial score (nSPS) is 14.9. The molecule has 0 radical (unpaired) electrons. The summed E-state index contributed by atoms with van der Waals surface area (Å²) in [5.74, 6) is -0.573. The molecule has 29 heavy (non-hydrogen) atoms. The van der Waals surface area contributed by atoms with E-state index in [-0.39, 0.29) is 16.7 Å². The lowest BCUT2D eigenvalue weighted by molar-refractivity contribution is -0.266. The van der Waals surface area contributed by atoms with Crippen LogP contribution in [0, 0.1) is 12.7 Å². The molecular weight excluding hydrogens is 390 g/mol. The molecule has 0 amide bonds. The first-order valence-electron chi connectivity index (χ1n) is 8.98. The topological polar surface area (TPSA) is 66.2 Å². The largest absolute Gasteiger partial charge is 0.448 e. The lowest BCUT2D eigenvalue weighted by Gasteiger charge is -2.38. The summed E-state index contributed by atoms with van der Waals surface area (Å²) in [4.78, 5) is 15.2. The van der Waals surface area contributed by atoms with Gasteiger partial charge in [-0.2, -0.15) is 13.2 Å². The highest BCUT2D eigenvalue weighted by Crippen LogP contribution is 2.43. The number of hydrogen-bond acceptors (Lipinski definition) is 3. The van der Waals surface area contributed by atoms with Crippen molar-refractivity contribution in [2.24, 2.45) is 0 Å². The molecule has 0 fully saturated rings. The zero-order chi connectivity index (χ0) is 21.6. The van der Waals surface area contributed by atoms with Crippen molar-refractivity contribution in [2.45, 2.75) is 50.8 Å². The van der Waals surface area contributed by atoms with Crippen molar-refractivity contribution < 1.29 is 27.1 Å². The monoisotopic (exact) mass is 411 g/mol. The highest BCUT2D eigenvalue weighted by Gasteiger charge is 2.56. The van der Waals surface area contributed by atoms with Gasteiger partial charge in [0.2, 0.25) is 5.71 Å². The van der Waals surface area contributed by atoms with Crippen LogP contribution in [-0.2, 0) is 11.8 Å². The second kappa shape index (κ2) is 7.02. The van der Waals surface area contributed by atoms with Gasteiger partial charge in [-0.25, -0.2) is 4.39 Å². The van der Waals surface area contributed by atoms with Gasteiger partial charge in [0.25, 0.3) is 0 Å². The van der Waals surface area contributed by atoms with Gasteiger partial charge in [0.1, 0.15) is 5.82 Å². The predicted molar refractivity (Wildman–Crippen MR) is 100 cm³/mol. The van der Waals surface area contributed by atoms with Crippen LogP contribution in [0.2, 0.25) is 0 Å². The van der Waals surface area contributed by atoms with Crippen LogP contribution in [0.5, 0.6) is 0 Å². The van der Waals surface area contributed by atoms with E-state index in [1.54, 1.807) is 6.92 Å². The Balaban J connectivity index is 2.03. The smallest absolute Gasteiger partial charge is 0.417 e. The lowest BCUT2D eigenvalue weighted by atomic mass is 9.72.